The first-order valence-electron chi connectivity index (χ1n) is 4.25. The van der Waals surface area contributed by atoms with Crippen molar-refractivity contribution in [3.63, 3.8) is 0 Å². The van der Waals surface area contributed by atoms with Gasteiger partial charge in [-0.15, -0.1) is 13.2 Å². The van der Waals surface area contributed by atoms with E-state index >= 15 is 0 Å². The number of hydrogen-bond acceptors (Lipinski definition) is 3. The molecule has 0 amide bonds. The Bertz CT molecular complexity index is 505. The van der Waals surface area contributed by atoms with E-state index in [0.717, 1.165) is 19.1 Å². The zero-order chi connectivity index (χ0) is 13.2. The van der Waals surface area contributed by atoms with E-state index in [-0.39, 0.29) is 11.1 Å². The molecule has 0 unspecified atom stereocenters. The Balaban J connectivity index is 3.35. The van der Waals surface area contributed by atoms with Gasteiger partial charge in [0.1, 0.15) is 5.75 Å². The predicted octanol–water partition coefficient (Wildman–Crippen LogP) is 3.31. The van der Waals surface area contributed by atoms with Gasteiger partial charge < -0.3 is 4.74 Å². The predicted molar refractivity (Wildman–Crippen MR) is 52.9 cm³/mol. The van der Waals surface area contributed by atoms with Crippen LogP contribution in [0.25, 0.3) is 0 Å². The van der Waals surface area contributed by atoms with E-state index in [2.05, 4.69) is 4.74 Å². The normalized spacial score (nSPS) is 10.8. The van der Waals surface area contributed by atoms with E-state index in [1.807, 2.05) is 0 Å². The number of carbonyl (C=O) groups excluding carboxylic acids is 1. The maximum atomic E-state index is 12.0. The molecule has 0 aliphatic heterocycles. The Hall–Kier alpha value is -1.74. The second kappa shape index (κ2) is 4.63. The fourth-order valence-corrected chi connectivity index (χ4v) is 1.40. The maximum Gasteiger partial charge on any atom is 0.573 e. The van der Waals surface area contributed by atoms with Crippen LogP contribution in [0.5, 0.6) is 5.75 Å². The van der Waals surface area contributed by atoms with Crippen LogP contribution in [0.4, 0.5) is 13.2 Å². The Morgan fingerprint density at radius 1 is 1.47 bits per heavy atom. The lowest BCUT2D eigenvalue weighted by Gasteiger charge is -2.12. The Morgan fingerprint density at radius 3 is 2.47 bits per heavy atom. The lowest BCUT2D eigenvalue weighted by atomic mass is 10.1. The number of ether oxygens (including phenoxy) is 1. The third-order valence-corrected chi connectivity index (χ3v) is 2.16. The largest absolute Gasteiger partial charge is 0.573 e. The summed E-state index contributed by atoms with van der Waals surface area (Å²) in [6, 6.07) is 3.54. The van der Waals surface area contributed by atoms with Crippen LogP contribution in [0.3, 0.4) is 0 Å². The van der Waals surface area contributed by atoms with Crippen LogP contribution in [-0.2, 0) is 0 Å². The highest BCUT2D eigenvalue weighted by atomic mass is 35.5. The van der Waals surface area contributed by atoms with Crippen LogP contribution in [-0.4, -0.2) is 12.1 Å². The molecule has 0 bridgehead atoms. The van der Waals surface area contributed by atoms with Crippen LogP contribution in [0.15, 0.2) is 12.1 Å². The molecule has 1 aromatic carbocycles. The van der Waals surface area contributed by atoms with Gasteiger partial charge in [-0.2, -0.15) is 5.26 Å². The van der Waals surface area contributed by atoms with Crippen LogP contribution >= 0.6 is 11.6 Å². The second-order valence-electron chi connectivity index (χ2n) is 3.05. The van der Waals surface area contributed by atoms with Gasteiger partial charge in [-0.1, -0.05) is 11.6 Å². The third-order valence-electron chi connectivity index (χ3n) is 1.77. The van der Waals surface area contributed by atoms with Gasteiger partial charge in [-0.25, -0.2) is 0 Å². The summed E-state index contributed by atoms with van der Waals surface area (Å²) < 4.78 is 39.8. The highest BCUT2D eigenvalue weighted by Crippen LogP contribution is 2.34. The van der Waals surface area contributed by atoms with Crippen LogP contribution in [0, 0.1) is 11.3 Å². The lowest BCUT2D eigenvalue weighted by Crippen LogP contribution is -2.18. The summed E-state index contributed by atoms with van der Waals surface area (Å²) in [5.41, 5.74) is -0.330. The van der Waals surface area contributed by atoms with Gasteiger partial charge in [-0.05, 0) is 19.1 Å². The molecule has 0 aliphatic carbocycles. The highest BCUT2D eigenvalue weighted by Gasteiger charge is 2.33. The fourth-order valence-electron chi connectivity index (χ4n) is 1.12. The molecular formula is C10H5ClF3NO2. The smallest absolute Gasteiger partial charge is 0.404 e. The van der Waals surface area contributed by atoms with Crippen LogP contribution in [0.1, 0.15) is 22.8 Å². The monoisotopic (exact) mass is 263 g/mol. The number of carbonyl (C=O) groups is 1. The van der Waals surface area contributed by atoms with E-state index in [1.54, 1.807) is 6.07 Å². The van der Waals surface area contributed by atoms with Crippen molar-refractivity contribution in [3.05, 3.63) is 28.3 Å². The first-order valence-corrected chi connectivity index (χ1v) is 4.62. The molecule has 0 aromatic heterocycles. The molecule has 17 heavy (non-hydrogen) atoms. The average molecular weight is 264 g/mol. The molecule has 90 valence electrons. The molecule has 0 radical (unpaired) electrons. The van der Waals surface area contributed by atoms with Crippen LogP contribution < -0.4 is 4.74 Å². The Labute approximate surface area is 99.4 Å². The summed E-state index contributed by atoms with van der Waals surface area (Å²) in [6.07, 6.45) is -4.94. The van der Waals surface area contributed by atoms with Gasteiger partial charge >= 0.3 is 6.36 Å². The Morgan fingerprint density at radius 2 is 2.06 bits per heavy atom. The zero-order valence-corrected chi connectivity index (χ0v) is 9.19. The third kappa shape index (κ3) is 3.36. The number of halogens is 4. The highest BCUT2D eigenvalue weighted by molar-refractivity contribution is 6.35. The number of nitrogens with zero attached hydrogens (tertiary/aromatic N) is 1. The zero-order valence-electron chi connectivity index (χ0n) is 8.43. The summed E-state index contributed by atoms with van der Waals surface area (Å²) in [6.45, 7) is 1.12. The summed E-state index contributed by atoms with van der Waals surface area (Å²) in [4.78, 5) is 11.1. The van der Waals surface area contributed by atoms with Crippen LogP contribution in [0.2, 0.25) is 5.02 Å². The van der Waals surface area contributed by atoms with Gasteiger partial charge in [0.15, 0.2) is 5.78 Å². The minimum Gasteiger partial charge on any atom is -0.404 e. The summed E-state index contributed by atoms with van der Waals surface area (Å²) in [7, 11) is 0. The summed E-state index contributed by atoms with van der Waals surface area (Å²) >= 11 is 5.58. The number of nitriles is 1. The maximum absolute atomic E-state index is 12.0. The van der Waals surface area contributed by atoms with E-state index in [0.29, 0.717) is 0 Å². The van der Waals surface area contributed by atoms with Crippen molar-refractivity contribution in [3.8, 4) is 11.8 Å². The number of rotatable bonds is 2. The van der Waals surface area contributed by atoms with Crippen molar-refractivity contribution >= 4 is 17.4 Å². The molecule has 0 spiro atoms. The van der Waals surface area contributed by atoms with E-state index < -0.39 is 22.9 Å². The van der Waals surface area contributed by atoms with Gasteiger partial charge in [0, 0.05) is 5.56 Å². The second-order valence-corrected chi connectivity index (χ2v) is 3.43. The van der Waals surface area contributed by atoms with Gasteiger partial charge in [-0.3, -0.25) is 4.79 Å². The number of ketones is 1. The molecule has 0 saturated carbocycles. The minimum atomic E-state index is -4.94. The number of Topliss-reactive ketones (excluding diaryl/α,β-unsaturated/α-hetero) is 1. The fraction of sp³-hybridized carbons (Fsp3) is 0.200. The quantitative estimate of drug-likeness (QED) is 0.769. The number of alkyl halides is 3. The molecule has 1 rings (SSSR count). The van der Waals surface area contributed by atoms with E-state index in [4.69, 9.17) is 16.9 Å². The van der Waals surface area contributed by atoms with Crippen molar-refractivity contribution in [2.45, 2.75) is 13.3 Å². The van der Waals surface area contributed by atoms with Gasteiger partial charge in [0.2, 0.25) is 0 Å². The first-order chi connectivity index (χ1) is 7.74. The molecule has 0 heterocycles. The van der Waals surface area contributed by atoms with Crippen molar-refractivity contribution < 1.29 is 22.7 Å². The van der Waals surface area contributed by atoms with Gasteiger partial charge in [0.25, 0.3) is 0 Å². The minimum absolute atomic E-state index is 0.140. The number of hydrogen-bond donors (Lipinski definition) is 0. The van der Waals surface area contributed by atoms with Gasteiger partial charge in [0.05, 0.1) is 16.7 Å². The summed E-state index contributed by atoms with van der Waals surface area (Å²) in [5, 5.41) is 8.15. The molecule has 0 fully saturated rings. The standard InChI is InChI=1S/C10H5ClF3NO2/c1-5(16)7-2-6(4-15)3-8(9(7)11)17-10(12,13)14/h2-3H,1H3. The van der Waals surface area contributed by atoms with Crippen molar-refractivity contribution in [2.24, 2.45) is 0 Å². The topological polar surface area (TPSA) is 50.1 Å². The lowest BCUT2D eigenvalue weighted by molar-refractivity contribution is -0.274. The Kier molecular flexibility index (Phi) is 3.63. The average Bonchev–Trinajstić information content (AvgIpc) is 2.18. The molecule has 1 aromatic rings. The molecule has 3 nitrogen and oxygen atoms in total. The van der Waals surface area contributed by atoms with E-state index in [1.165, 1.54) is 0 Å². The molecule has 0 atom stereocenters. The molecule has 7 heteroatoms. The first kappa shape index (κ1) is 13.3. The molecule has 0 N–H and O–H groups in total. The molecule has 0 aliphatic rings. The van der Waals surface area contributed by atoms with Crippen molar-refractivity contribution in [2.75, 3.05) is 0 Å². The van der Waals surface area contributed by atoms with E-state index in [9.17, 15) is 18.0 Å². The number of benzene rings is 1. The van der Waals surface area contributed by atoms with Crippen molar-refractivity contribution in [1.82, 2.24) is 0 Å². The van der Waals surface area contributed by atoms with Crippen molar-refractivity contribution in [1.29, 1.82) is 5.26 Å². The summed E-state index contributed by atoms with van der Waals surface area (Å²) in [5.74, 6) is -1.32. The molecule has 0 saturated heterocycles. The SMILES string of the molecule is CC(=O)c1cc(C#N)cc(OC(F)(F)F)c1Cl. The molecular weight excluding hydrogens is 259 g/mol.